The molecule has 0 spiro atoms. The van der Waals surface area contributed by atoms with Gasteiger partial charge in [-0.1, -0.05) is 0 Å². The summed E-state index contributed by atoms with van der Waals surface area (Å²) in [7, 11) is 0. The third kappa shape index (κ3) is 2.88. The molecule has 3 N–H and O–H groups in total. The third-order valence-electron chi connectivity index (χ3n) is 4.12. The summed E-state index contributed by atoms with van der Waals surface area (Å²) >= 11 is 0. The number of aliphatic hydroxyl groups is 1. The molecule has 1 fully saturated rings. The first-order chi connectivity index (χ1) is 10.5. The predicted molar refractivity (Wildman–Crippen MR) is 79.5 cm³/mol. The first-order valence-corrected chi connectivity index (χ1v) is 7.20. The Labute approximate surface area is 126 Å². The van der Waals surface area contributed by atoms with Gasteiger partial charge in [-0.2, -0.15) is 5.10 Å². The molecule has 8 heteroatoms. The number of hydrogen-bond acceptors (Lipinski definition) is 5. The molecule has 22 heavy (non-hydrogen) atoms. The quantitative estimate of drug-likeness (QED) is 0.706. The molecule has 2 aromatic rings. The molecule has 2 atom stereocenters. The van der Waals surface area contributed by atoms with E-state index in [1.165, 1.54) is 16.8 Å². The molecule has 3 heterocycles. The van der Waals surface area contributed by atoms with E-state index in [9.17, 15) is 14.7 Å². The largest absolute Gasteiger partial charge is 0.387 e. The summed E-state index contributed by atoms with van der Waals surface area (Å²) in [4.78, 5) is 27.4. The van der Waals surface area contributed by atoms with Gasteiger partial charge >= 0.3 is 5.69 Å². The van der Waals surface area contributed by atoms with Crippen molar-refractivity contribution in [3.05, 3.63) is 51.1 Å². The van der Waals surface area contributed by atoms with Crippen LogP contribution in [0.15, 0.2) is 34.1 Å². The lowest BCUT2D eigenvalue weighted by Gasteiger charge is -2.43. The van der Waals surface area contributed by atoms with Crippen molar-refractivity contribution in [3.8, 4) is 0 Å². The summed E-state index contributed by atoms with van der Waals surface area (Å²) < 4.78 is 1.41. The zero-order valence-electron chi connectivity index (χ0n) is 12.3. The molecule has 0 unspecified atom stereocenters. The summed E-state index contributed by atoms with van der Waals surface area (Å²) in [5, 5.41) is 17.6. The lowest BCUT2D eigenvalue weighted by molar-refractivity contribution is -0.0605. The normalized spacial score (nSPS) is 26.2. The van der Waals surface area contributed by atoms with E-state index in [1.54, 1.807) is 13.1 Å². The highest BCUT2D eigenvalue weighted by Crippen LogP contribution is 2.31. The highest BCUT2D eigenvalue weighted by Gasteiger charge is 2.39. The van der Waals surface area contributed by atoms with E-state index in [1.807, 2.05) is 6.07 Å². The van der Waals surface area contributed by atoms with Gasteiger partial charge < -0.3 is 5.11 Å². The Bertz CT molecular complexity index is 746. The zero-order valence-corrected chi connectivity index (χ0v) is 12.3. The van der Waals surface area contributed by atoms with E-state index < -0.39 is 16.9 Å². The van der Waals surface area contributed by atoms with Crippen LogP contribution in [0.1, 0.15) is 25.1 Å². The van der Waals surface area contributed by atoms with Crippen LogP contribution in [0.2, 0.25) is 0 Å². The van der Waals surface area contributed by atoms with Gasteiger partial charge in [0.15, 0.2) is 0 Å². The van der Waals surface area contributed by atoms with E-state index in [4.69, 9.17) is 0 Å². The second-order valence-corrected chi connectivity index (χ2v) is 5.97. The number of aromatic amines is 2. The number of nitrogens with zero attached hydrogens (tertiary/aromatic N) is 3. The van der Waals surface area contributed by atoms with Gasteiger partial charge in [-0.15, -0.1) is 0 Å². The average Bonchev–Trinajstić information content (AvgIpc) is 2.92. The highest BCUT2D eigenvalue weighted by molar-refractivity contribution is 5.01. The van der Waals surface area contributed by atoms with Crippen LogP contribution in [0.25, 0.3) is 0 Å². The fourth-order valence-corrected chi connectivity index (χ4v) is 3.11. The number of β-amino-alcohol motifs (C(OH)–C–C–N with tert-alkyl or cyclic N) is 1. The van der Waals surface area contributed by atoms with Gasteiger partial charge in [0.2, 0.25) is 0 Å². The van der Waals surface area contributed by atoms with Crippen LogP contribution in [0.5, 0.6) is 0 Å². The lowest BCUT2D eigenvalue weighted by atomic mass is 9.88. The van der Waals surface area contributed by atoms with Gasteiger partial charge in [0, 0.05) is 43.8 Å². The molecule has 8 nitrogen and oxygen atoms in total. The van der Waals surface area contributed by atoms with Crippen molar-refractivity contribution in [1.29, 1.82) is 0 Å². The molecule has 1 saturated heterocycles. The number of rotatable bonds is 3. The van der Waals surface area contributed by atoms with Crippen molar-refractivity contribution < 1.29 is 5.11 Å². The van der Waals surface area contributed by atoms with E-state index >= 15 is 0 Å². The molecular weight excluding hydrogens is 286 g/mol. The van der Waals surface area contributed by atoms with Gasteiger partial charge in [0.25, 0.3) is 5.56 Å². The number of H-pyrrole nitrogens is 2. The van der Waals surface area contributed by atoms with E-state index in [0.29, 0.717) is 19.5 Å². The molecule has 3 rings (SSSR count). The molecule has 0 radical (unpaired) electrons. The molecule has 0 bridgehead atoms. The van der Waals surface area contributed by atoms with Crippen molar-refractivity contribution in [2.75, 3.05) is 13.1 Å². The Morgan fingerprint density at radius 2 is 2.27 bits per heavy atom. The van der Waals surface area contributed by atoms with Gasteiger partial charge in [0.1, 0.15) is 0 Å². The molecule has 1 aliphatic heterocycles. The van der Waals surface area contributed by atoms with Crippen molar-refractivity contribution in [3.63, 3.8) is 0 Å². The number of nitrogens with one attached hydrogen (secondary N) is 2. The topological polar surface area (TPSA) is 107 Å². The number of hydrogen-bond donors (Lipinski definition) is 3. The fraction of sp³-hybridized carbons (Fsp3) is 0.500. The van der Waals surface area contributed by atoms with Gasteiger partial charge in [0.05, 0.1) is 11.6 Å². The van der Waals surface area contributed by atoms with Crippen LogP contribution in [0.3, 0.4) is 0 Å². The second kappa shape index (κ2) is 5.54. The molecule has 118 valence electrons. The first-order valence-electron chi connectivity index (χ1n) is 7.20. The van der Waals surface area contributed by atoms with Gasteiger partial charge in [-0.05, 0) is 19.4 Å². The van der Waals surface area contributed by atoms with Crippen LogP contribution in [-0.2, 0) is 6.54 Å². The summed E-state index contributed by atoms with van der Waals surface area (Å²) in [5.41, 5.74) is -1.01. The van der Waals surface area contributed by atoms with E-state index in [0.717, 1.165) is 12.2 Å². The van der Waals surface area contributed by atoms with Crippen molar-refractivity contribution >= 4 is 0 Å². The minimum Gasteiger partial charge on any atom is -0.387 e. The van der Waals surface area contributed by atoms with Crippen molar-refractivity contribution in [2.24, 2.45) is 0 Å². The summed E-state index contributed by atoms with van der Waals surface area (Å²) in [6.07, 6.45) is 3.76. The molecule has 2 aromatic heterocycles. The molecule has 0 saturated carbocycles. The standard InChI is InChI=1S/C14H19N5O3/c1-14(22)9-18(8-10-2-5-15-17-10)6-3-11(14)19-7-4-12(20)16-13(19)21/h2,4-5,7,11,22H,3,6,8-9H2,1H3,(H,15,17)(H,16,20,21)/t11-,14-/m1/s1. The zero-order chi connectivity index (χ0) is 15.7. The lowest BCUT2D eigenvalue weighted by Crippen LogP contribution is -2.54. The van der Waals surface area contributed by atoms with Gasteiger partial charge in [-0.3, -0.25) is 24.3 Å². The molecule has 0 aromatic carbocycles. The van der Waals surface area contributed by atoms with Crippen LogP contribution in [0, 0.1) is 0 Å². The number of aromatic nitrogens is 4. The molecule has 1 aliphatic rings. The summed E-state index contributed by atoms with van der Waals surface area (Å²) in [5.74, 6) is 0. The SMILES string of the molecule is C[C@@]1(O)CN(Cc2ccn[nH]2)CC[C@H]1n1ccc(=O)[nH]c1=O. The maximum Gasteiger partial charge on any atom is 0.328 e. The second-order valence-electron chi connectivity index (χ2n) is 5.97. The third-order valence-corrected chi connectivity index (χ3v) is 4.12. The Morgan fingerprint density at radius 1 is 1.45 bits per heavy atom. The van der Waals surface area contributed by atoms with E-state index in [2.05, 4.69) is 20.1 Å². The van der Waals surface area contributed by atoms with Crippen molar-refractivity contribution in [2.45, 2.75) is 31.5 Å². The number of piperidine rings is 1. The Balaban J connectivity index is 1.79. The van der Waals surface area contributed by atoms with E-state index in [-0.39, 0.29) is 6.04 Å². The van der Waals surface area contributed by atoms with Crippen LogP contribution >= 0.6 is 0 Å². The number of likely N-dealkylation sites (tertiary alicyclic amines) is 1. The maximum atomic E-state index is 11.9. The highest BCUT2D eigenvalue weighted by atomic mass is 16.3. The maximum absolute atomic E-state index is 11.9. The minimum absolute atomic E-state index is 0.366. The summed E-state index contributed by atoms with van der Waals surface area (Å²) in [6.45, 7) is 3.56. The van der Waals surface area contributed by atoms with Crippen LogP contribution < -0.4 is 11.2 Å². The monoisotopic (exact) mass is 305 g/mol. The molecular formula is C14H19N5O3. The first kappa shape index (κ1) is 14.7. The Hall–Kier alpha value is -2.19. The minimum atomic E-state index is -1.07. The molecule has 0 amide bonds. The van der Waals surface area contributed by atoms with Crippen molar-refractivity contribution in [1.82, 2.24) is 24.6 Å². The Morgan fingerprint density at radius 3 is 2.91 bits per heavy atom. The Kier molecular flexibility index (Phi) is 3.71. The fourth-order valence-electron chi connectivity index (χ4n) is 3.11. The van der Waals surface area contributed by atoms with Gasteiger partial charge in [-0.25, -0.2) is 4.79 Å². The van der Waals surface area contributed by atoms with Crippen LogP contribution in [-0.4, -0.2) is 48.4 Å². The predicted octanol–water partition coefficient (Wildman–Crippen LogP) is -0.542. The summed E-state index contributed by atoms with van der Waals surface area (Å²) in [6, 6.07) is 2.83. The smallest absolute Gasteiger partial charge is 0.328 e. The average molecular weight is 305 g/mol. The van der Waals surface area contributed by atoms with Crippen LogP contribution in [0.4, 0.5) is 0 Å². The molecule has 0 aliphatic carbocycles.